The number of ether oxygens (including phenoxy) is 3. The summed E-state index contributed by atoms with van der Waals surface area (Å²) in [7, 11) is 0. The Morgan fingerprint density at radius 1 is 1.17 bits per heavy atom. The monoisotopic (exact) mass is 412 g/mol. The highest BCUT2D eigenvalue weighted by Crippen LogP contribution is 2.46. The Hall–Kier alpha value is -3.06. The van der Waals surface area contributed by atoms with Gasteiger partial charge in [-0.3, -0.25) is 14.3 Å². The van der Waals surface area contributed by atoms with E-state index in [0.29, 0.717) is 4.57 Å². The number of aliphatic hydroxyl groups excluding tert-OH is 1. The van der Waals surface area contributed by atoms with E-state index in [2.05, 4.69) is 13.2 Å². The number of aliphatic hydroxyl groups is 3. The maximum absolute atomic E-state index is 12.7. The third kappa shape index (κ3) is 3.53. The van der Waals surface area contributed by atoms with E-state index in [9.17, 15) is 34.5 Å². The van der Waals surface area contributed by atoms with Crippen molar-refractivity contribution in [3.8, 4) is 0 Å². The van der Waals surface area contributed by atoms with Crippen LogP contribution in [0.1, 0.15) is 6.23 Å². The van der Waals surface area contributed by atoms with Crippen LogP contribution in [0, 0.1) is 0 Å². The second-order valence-electron chi connectivity index (χ2n) is 5.98. The molecule has 29 heavy (non-hydrogen) atoms. The van der Waals surface area contributed by atoms with Gasteiger partial charge in [-0.2, -0.15) is 0 Å². The molecule has 4 atom stereocenters. The van der Waals surface area contributed by atoms with Crippen molar-refractivity contribution < 1.29 is 39.1 Å². The molecule has 1 saturated heterocycles. The molecule has 1 aliphatic heterocycles. The molecule has 2 rings (SSSR count). The van der Waals surface area contributed by atoms with Gasteiger partial charge >= 0.3 is 17.6 Å². The number of aromatic nitrogens is 2. The van der Waals surface area contributed by atoms with Gasteiger partial charge in [0.15, 0.2) is 6.23 Å². The first kappa shape index (κ1) is 22.2. The molecule has 0 spiro atoms. The van der Waals surface area contributed by atoms with Gasteiger partial charge in [0.2, 0.25) is 5.60 Å². The first-order valence-corrected chi connectivity index (χ1v) is 8.27. The zero-order chi connectivity index (χ0) is 21.8. The summed E-state index contributed by atoms with van der Waals surface area (Å²) in [6.45, 7) is 4.79. The average Bonchev–Trinajstić information content (AvgIpc) is 2.93. The van der Waals surface area contributed by atoms with Crippen molar-refractivity contribution in [2.45, 2.75) is 23.5 Å². The molecule has 0 radical (unpaired) electrons. The highest BCUT2D eigenvalue weighted by molar-refractivity contribution is 5.94. The van der Waals surface area contributed by atoms with Crippen LogP contribution in [0.2, 0.25) is 0 Å². The largest absolute Gasteiger partial charge is 0.459 e. The molecule has 158 valence electrons. The Bertz CT molecular complexity index is 921. The molecule has 12 nitrogen and oxygen atoms in total. The summed E-state index contributed by atoms with van der Waals surface area (Å²) in [5.41, 5.74) is -8.34. The van der Waals surface area contributed by atoms with Gasteiger partial charge in [0.25, 0.3) is 11.2 Å². The zero-order valence-electron chi connectivity index (χ0n) is 15.1. The van der Waals surface area contributed by atoms with Gasteiger partial charge < -0.3 is 29.5 Å². The summed E-state index contributed by atoms with van der Waals surface area (Å²) >= 11 is 0. The third-order valence-corrected chi connectivity index (χ3v) is 4.25. The first-order chi connectivity index (χ1) is 13.7. The fraction of sp³-hybridized carbons (Fsp3) is 0.412. The molecule has 0 bridgehead atoms. The number of carbonyl (C=O) groups is 2. The average molecular weight is 412 g/mol. The van der Waals surface area contributed by atoms with E-state index >= 15 is 0 Å². The van der Waals surface area contributed by atoms with Crippen LogP contribution in [-0.4, -0.2) is 73.9 Å². The summed E-state index contributed by atoms with van der Waals surface area (Å²) in [6, 6.07) is 0.877. The smallest absolute Gasteiger partial charge is 0.347 e. The SMILES string of the molecule is C=CCOC(=O)[C@@]1(O)[C@@H](CO)O[C@@H](n2ccc(=O)[nH]c2=O)[C@@]1(O)C(=O)OCC=C. The van der Waals surface area contributed by atoms with Crippen LogP contribution in [0.4, 0.5) is 0 Å². The number of aromatic amines is 1. The fourth-order valence-corrected chi connectivity index (χ4v) is 2.87. The molecule has 12 heteroatoms. The first-order valence-electron chi connectivity index (χ1n) is 8.27. The van der Waals surface area contributed by atoms with Crippen molar-refractivity contribution in [3.05, 3.63) is 58.4 Å². The van der Waals surface area contributed by atoms with E-state index < -0.39 is 66.5 Å². The summed E-state index contributed by atoms with van der Waals surface area (Å²) < 4.78 is 15.4. The van der Waals surface area contributed by atoms with Gasteiger partial charge in [-0.1, -0.05) is 25.3 Å². The number of H-pyrrole nitrogens is 1. The fourth-order valence-electron chi connectivity index (χ4n) is 2.87. The minimum absolute atomic E-state index is 0.402. The van der Waals surface area contributed by atoms with Gasteiger partial charge in [0.1, 0.15) is 19.3 Å². The lowest BCUT2D eigenvalue weighted by Crippen LogP contribution is -2.68. The number of nitrogens with one attached hydrogen (secondary N) is 1. The Labute approximate surface area is 163 Å². The molecular weight excluding hydrogens is 392 g/mol. The van der Waals surface area contributed by atoms with Crippen LogP contribution in [-0.2, 0) is 23.8 Å². The second kappa shape index (κ2) is 8.53. The molecule has 0 saturated carbocycles. The Kier molecular flexibility index (Phi) is 6.54. The number of rotatable bonds is 8. The van der Waals surface area contributed by atoms with E-state index in [1.165, 1.54) is 0 Å². The van der Waals surface area contributed by atoms with E-state index in [0.717, 1.165) is 24.4 Å². The highest BCUT2D eigenvalue weighted by atomic mass is 16.6. The topological polar surface area (TPSA) is 177 Å². The van der Waals surface area contributed by atoms with Crippen molar-refractivity contribution in [1.82, 2.24) is 9.55 Å². The van der Waals surface area contributed by atoms with Crippen LogP contribution in [0.25, 0.3) is 0 Å². The standard InChI is InChI=1S/C17H20N2O10/c1-3-7-27-13(22)16(25)10(9-20)29-12(17(16,26)14(23)28-8-4-2)19-6-5-11(21)18-15(19)24/h3-6,10,12,20,25-26H,1-2,7-9H2,(H,18,21,24)/t10-,12-,16+,17-/m1/s1. The van der Waals surface area contributed by atoms with E-state index in [1.54, 1.807) is 0 Å². The lowest BCUT2D eigenvalue weighted by Gasteiger charge is -2.36. The van der Waals surface area contributed by atoms with Crippen LogP contribution >= 0.6 is 0 Å². The molecule has 1 aromatic rings. The maximum atomic E-state index is 12.7. The molecule has 0 aromatic carbocycles. The van der Waals surface area contributed by atoms with Crippen LogP contribution < -0.4 is 11.2 Å². The maximum Gasteiger partial charge on any atom is 0.347 e. The van der Waals surface area contributed by atoms with Gasteiger partial charge in [-0.25, -0.2) is 14.4 Å². The molecule has 1 aliphatic rings. The van der Waals surface area contributed by atoms with Gasteiger partial charge in [0.05, 0.1) is 6.61 Å². The molecule has 0 amide bonds. The van der Waals surface area contributed by atoms with Crippen molar-refractivity contribution in [1.29, 1.82) is 0 Å². The Morgan fingerprint density at radius 3 is 2.21 bits per heavy atom. The molecule has 0 aliphatic carbocycles. The molecule has 0 unspecified atom stereocenters. The van der Waals surface area contributed by atoms with Crippen LogP contribution in [0.3, 0.4) is 0 Å². The van der Waals surface area contributed by atoms with E-state index in [-0.39, 0.29) is 0 Å². The van der Waals surface area contributed by atoms with Crippen molar-refractivity contribution in [3.63, 3.8) is 0 Å². The lowest BCUT2D eigenvalue weighted by atomic mass is 9.79. The minimum Gasteiger partial charge on any atom is -0.459 e. The normalized spacial score (nSPS) is 28.5. The number of nitrogens with zero attached hydrogens (tertiary/aromatic N) is 1. The molecule has 4 N–H and O–H groups in total. The molecule has 1 fully saturated rings. The highest BCUT2D eigenvalue weighted by Gasteiger charge is 2.76. The quantitative estimate of drug-likeness (QED) is 0.260. The van der Waals surface area contributed by atoms with Gasteiger partial charge in [-0.05, 0) is 0 Å². The van der Waals surface area contributed by atoms with Crippen molar-refractivity contribution in [2.24, 2.45) is 0 Å². The summed E-state index contributed by atoms with van der Waals surface area (Å²) in [6.07, 6.45) is -0.791. The zero-order valence-corrected chi connectivity index (χ0v) is 15.1. The minimum atomic E-state index is -3.25. The predicted octanol–water partition coefficient (Wildman–Crippen LogP) is -2.65. The van der Waals surface area contributed by atoms with Gasteiger partial charge in [-0.15, -0.1) is 0 Å². The Morgan fingerprint density at radius 2 is 1.72 bits per heavy atom. The number of hydrogen-bond donors (Lipinski definition) is 4. The predicted molar refractivity (Wildman–Crippen MR) is 94.5 cm³/mol. The number of esters is 2. The van der Waals surface area contributed by atoms with E-state index in [4.69, 9.17) is 14.2 Å². The number of hydrogen-bond acceptors (Lipinski definition) is 10. The second-order valence-corrected chi connectivity index (χ2v) is 5.98. The van der Waals surface area contributed by atoms with E-state index in [1.807, 2.05) is 4.98 Å². The molecular formula is C17H20N2O10. The molecule has 1 aromatic heterocycles. The number of carbonyl (C=O) groups excluding carboxylic acids is 2. The van der Waals surface area contributed by atoms with Crippen molar-refractivity contribution >= 4 is 11.9 Å². The summed E-state index contributed by atoms with van der Waals surface area (Å²) in [5, 5.41) is 31.9. The van der Waals surface area contributed by atoms with Crippen molar-refractivity contribution in [2.75, 3.05) is 19.8 Å². The van der Waals surface area contributed by atoms with Crippen LogP contribution in [0.5, 0.6) is 0 Å². The Balaban J connectivity index is 2.70. The van der Waals surface area contributed by atoms with Gasteiger partial charge in [0, 0.05) is 12.3 Å². The molecule has 2 heterocycles. The summed E-state index contributed by atoms with van der Waals surface area (Å²) in [4.78, 5) is 50.6. The third-order valence-electron chi connectivity index (χ3n) is 4.25. The summed E-state index contributed by atoms with van der Waals surface area (Å²) in [5.74, 6) is -3.09. The van der Waals surface area contributed by atoms with Crippen LogP contribution in [0.15, 0.2) is 47.2 Å². The lowest BCUT2D eigenvalue weighted by molar-refractivity contribution is -0.213.